The van der Waals surface area contributed by atoms with Gasteiger partial charge in [-0.25, -0.2) is 0 Å². The summed E-state index contributed by atoms with van der Waals surface area (Å²) in [6.07, 6.45) is 4.34. The van der Waals surface area contributed by atoms with E-state index in [1.165, 1.54) is 22.3 Å². The largest absolute Gasteiger partial charge is 0.489 e. The summed E-state index contributed by atoms with van der Waals surface area (Å²) < 4.78 is 13.4. The van der Waals surface area contributed by atoms with Gasteiger partial charge in [-0.2, -0.15) is 0 Å². The first-order chi connectivity index (χ1) is 16.4. The van der Waals surface area contributed by atoms with Crippen LogP contribution >= 0.6 is 0 Å². The molecule has 2 aromatic rings. The molecule has 0 spiro atoms. The van der Waals surface area contributed by atoms with Crippen LogP contribution in [-0.2, 0) is 23.7 Å². The van der Waals surface area contributed by atoms with Crippen molar-refractivity contribution in [3.8, 4) is 11.5 Å². The molecule has 196 valence electrons. The Bertz CT molecular complexity index is 1170. The van der Waals surface area contributed by atoms with E-state index in [-0.39, 0.29) is 27.8 Å². The summed E-state index contributed by atoms with van der Waals surface area (Å²) in [6, 6.07) is 11.3. The molecule has 2 atom stereocenters. The second-order valence-electron chi connectivity index (χ2n) is 15.3. The summed E-state index contributed by atoms with van der Waals surface area (Å²) in [5, 5.41) is 0. The second kappa shape index (κ2) is 8.67. The fraction of sp³-hybridized carbons (Fsp3) is 0.588. The Morgan fingerprint density at radius 3 is 1.83 bits per heavy atom. The van der Waals surface area contributed by atoms with Crippen LogP contribution in [-0.4, -0.2) is 6.10 Å². The molecule has 0 saturated carbocycles. The third-order valence-corrected chi connectivity index (χ3v) is 7.92. The Morgan fingerprint density at radius 1 is 0.667 bits per heavy atom. The van der Waals surface area contributed by atoms with Crippen molar-refractivity contribution in [3.63, 3.8) is 0 Å². The lowest BCUT2D eigenvalue weighted by Crippen LogP contribution is -2.47. The van der Waals surface area contributed by atoms with Gasteiger partial charge in [0.2, 0.25) is 0 Å². The quantitative estimate of drug-likeness (QED) is 0.398. The first-order valence-corrected chi connectivity index (χ1v) is 13.7. The Kier molecular flexibility index (Phi) is 6.47. The highest BCUT2D eigenvalue weighted by molar-refractivity contribution is 5.68. The summed E-state index contributed by atoms with van der Waals surface area (Å²) >= 11 is 0. The Hall–Kier alpha value is -2.22. The Morgan fingerprint density at radius 2 is 1.28 bits per heavy atom. The summed E-state index contributed by atoms with van der Waals surface area (Å²) in [5.41, 5.74) is 6.84. The van der Waals surface area contributed by atoms with E-state index in [0.717, 1.165) is 35.7 Å². The standard InChI is InChI=1S/C34H48O2/c1-31(2,3)24-17-22-15-16-27(35-29(22)20-25(24)32(4,5)6)23-14-13-21-18-26(33(7,8)9)30(34(10,11)12)36-28(21)19-23/h13-14,16-17,19-20,26,30H,15,18H2,1-12H3. The number of ether oxygens (including phenoxy) is 2. The number of allylic oxidation sites excluding steroid dienone is 1. The van der Waals surface area contributed by atoms with Crippen molar-refractivity contribution < 1.29 is 9.47 Å². The normalized spacial score (nSPS) is 20.6. The van der Waals surface area contributed by atoms with Gasteiger partial charge in [-0.15, -0.1) is 0 Å². The van der Waals surface area contributed by atoms with Gasteiger partial charge in [0.1, 0.15) is 23.4 Å². The first-order valence-electron chi connectivity index (χ1n) is 13.7. The third kappa shape index (κ3) is 5.24. The zero-order chi connectivity index (χ0) is 26.8. The SMILES string of the molecule is CC(C)(C)c1cc2c(cc1C(C)(C)C)OC(c1ccc3c(c1)OC(C(C)(C)C)C(C(C)(C)C)C3)=CC2. The molecule has 2 aromatic carbocycles. The van der Waals surface area contributed by atoms with Gasteiger partial charge in [-0.1, -0.05) is 101 Å². The number of rotatable bonds is 1. The van der Waals surface area contributed by atoms with Crippen LogP contribution in [0.15, 0.2) is 36.4 Å². The molecule has 0 amide bonds. The van der Waals surface area contributed by atoms with Crippen LogP contribution in [0.25, 0.3) is 5.76 Å². The highest BCUT2D eigenvalue weighted by atomic mass is 16.5. The number of hydrogen-bond acceptors (Lipinski definition) is 2. The van der Waals surface area contributed by atoms with E-state index in [1.807, 2.05) is 0 Å². The van der Waals surface area contributed by atoms with Crippen LogP contribution in [0.1, 0.15) is 111 Å². The molecule has 0 saturated heterocycles. The molecule has 2 nitrogen and oxygen atoms in total. The van der Waals surface area contributed by atoms with Crippen molar-refractivity contribution in [2.75, 3.05) is 0 Å². The van der Waals surface area contributed by atoms with Gasteiger partial charge in [0.15, 0.2) is 0 Å². The molecule has 36 heavy (non-hydrogen) atoms. The molecule has 0 bridgehead atoms. The first kappa shape index (κ1) is 26.8. The molecular weight excluding hydrogens is 440 g/mol. The summed E-state index contributed by atoms with van der Waals surface area (Å²) in [7, 11) is 0. The molecule has 2 aliphatic heterocycles. The maximum absolute atomic E-state index is 6.77. The zero-order valence-corrected chi connectivity index (χ0v) is 24.8. The predicted octanol–water partition coefficient (Wildman–Crippen LogP) is 9.27. The maximum atomic E-state index is 6.77. The molecule has 0 aliphatic carbocycles. The third-order valence-electron chi connectivity index (χ3n) is 7.92. The molecule has 2 aliphatic rings. The monoisotopic (exact) mass is 488 g/mol. The van der Waals surface area contributed by atoms with Gasteiger partial charge in [-0.05, 0) is 75.0 Å². The lowest BCUT2D eigenvalue weighted by molar-refractivity contribution is -0.0247. The number of benzene rings is 2. The van der Waals surface area contributed by atoms with Crippen molar-refractivity contribution in [2.45, 2.75) is 113 Å². The van der Waals surface area contributed by atoms with Crippen molar-refractivity contribution in [1.29, 1.82) is 0 Å². The van der Waals surface area contributed by atoms with Gasteiger partial charge >= 0.3 is 0 Å². The summed E-state index contributed by atoms with van der Waals surface area (Å²) in [6.45, 7) is 27.7. The molecule has 0 fully saturated rings. The van der Waals surface area contributed by atoms with E-state index >= 15 is 0 Å². The Labute approximate surface area is 220 Å². The molecule has 0 radical (unpaired) electrons. The highest BCUT2D eigenvalue weighted by Gasteiger charge is 2.43. The average Bonchev–Trinajstić information content (AvgIpc) is 2.74. The molecule has 0 aromatic heterocycles. The Balaban J connectivity index is 1.68. The van der Waals surface area contributed by atoms with E-state index in [9.17, 15) is 0 Å². The van der Waals surface area contributed by atoms with Crippen molar-refractivity contribution in [1.82, 2.24) is 0 Å². The molecular formula is C34H48O2. The minimum absolute atomic E-state index is 0.0492. The predicted molar refractivity (Wildman–Crippen MR) is 153 cm³/mol. The average molecular weight is 489 g/mol. The van der Waals surface area contributed by atoms with Crippen LogP contribution in [0, 0.1) is 16.7 Å². The van der Waals surface area contributed by atoms with Crippen LogP contribution in [0.3, 0.4) is 0 Å². The van der Waals surface area contributed by atoms with Crippen molar-refractivity contribution >= 4 is 5.76 Å². The topological polar surface area (TPSA) is 18.5 Å². The van der Waals surface area contributed by atoms with E-state index in [2.05, 4.69) is 119 Å². The van der Waals surface area contributed by atoms with E-state index in [0.29, 0.717) is 5.92 Å². The molecule has 2 heterocycles. The number of hydrogen-bond donors (Lipinski definition) is 0. The van der Waals surface area contributed by atoms with Crippen molar-refractivity contribution in [2.24, 2.45) is 16.7 Å². The highest BCUT2D eigenvalue weighted by Crippen LogP contribution is 2.47. The number of fused-ring (bicyclic) bond motifs is 2. The molecule has 2 heteroatoms. The van der Waals surface area contributed by atoms with Gasteiger partial charge in [0.05, 0.1) is 0 Å². The van der Waals surface area contributed by atoms with Gasteiger partial charge < -0.3 is 9.47 Å². The smallest absolute Gasteiger partial charge is 0.131 e. The molecule has 4 rings (SSSR count). The van der Waals surface area contributed by atoms with Crippen LogP contribution in [0.4, 0.5) is 0 Å². The summed E-state index contributed by atoms with van der Waals surface area (Å²) in [5.74, 6) is 3.41. The van der Waals surface area contributed by atoms with Gasteiger partial charge in [0.25, 0.3) is 0 Å². The molecule has 0 N–H and O–H groups in total. The fourth-order valence-electron chi connectivity index (χ4n) is 5.75. The van der Waals surface area contributed by atoms with E-state index in [4.69, 9.17) is 9.47 Å². The summed E-state index contributed by atoms with van der Waals surface area (Å²) in [4.78, 5) is 0. The molecule has 2 unspecified atom stereocenters. The lowest BCUT2D eigenvalue weighted by Gasteiger charge is -2.46. The van der Waals surface area contributed by atoms with Gasteiger partial charge in [-0.3, -0.25) is 0 Å². The van der Waals surface area contributed by atoms with Gasteiger partial charge in [0, 0.05) is 11.5 Å². The zero-order valence-electron chi connectivity index (χ0n) is 24.8. The minimum Gasteiger partial charge on any atom is -0.489 e. The maximum Gasteiger partial charge on any atom is 0.131 e. The minimum atomic E-state index is 0.0492. The van der Waals surface area contributed by atoms with E-state index < -0.39 is 0 Å². The van der Waals surface area contributed by atoms with Crippen LogP contribution in [0.5, 0.6) is 11.5 Å². The van der Waals surface area contributed by atoms with Crippen molar-refractivity contribution in [3.05, 3.63) is 64.2 Å². The van der Waals surface area contributed by atoms with Crippen LogP contribution < -0.4 is 9.47 Å². The van der Waals surface area contributed by atoms with E-state index in [1.54, 1.807) is 0 Å². The second-order valence-corrected chi connectivity index (χ2v) is 15.3. The lowest BCUT2D eigenvalue weighted by atomic mass is 9.66. The van der Waals surface area contributed by atoms with Crippen LogP contribution in [0.2, 0.25) is 0 Å². The fourth-order valence-corrected chi connectivity index (χ4v) is 5.75.